The van der Waals surface area contributed by atoms with Gasteiger partial charge < -0.3 is 5.73 Å². The molecule has 3 heterocycles. The summed E-state index contributed by atoms with van der Waals surface area (Å²) < 4.78 is 29.1. The number of hydrogen-bond acceptors (Lipinski definition) is 5. The maximum Gasteiger partial charge on any atom is 0.267 e. The highest BCUT2D eigenvalue weighted by molar-refractivity contribution is 7.92. The van der Waals surface area contributed by atoms with Crippen molar-refractivity contribution >= 4 is 33.0 Å². The average Bonchev–Trinajstić information content (AvgIpc) is 2.89. The number of fused-ring (bicyclic) bond motifs is 2. The van der Waals surface area contributed by atoms with Crippen LogP contribution in [-0.2, 0) is 10.0 Å². The van der Waals surface area contributed by atoms with Gasteiger partial charge in [0.15, 0.2) is 5.65 Å². The number of sulfonamides is 1. The quantitative estimate of drug-likeness (QED) is 0.739. The molecule has 0 saturated heterocycles. The molecule has 9 heteroatoms. The minimum absolute atomic E-state index is 0.0597. The number of nitrogens with two attached hydrogens (primary N) is 1. The number of aryl methyl sites for hydroxylation is 1. The van der Waals surface area contributed by atoms with E-state index in [4.69, 9.17) is 17.3 Å². The topological polar surface area (TPSA) is 93.6 Å². The zero-order valence-electron chi connectivity index (χ0n) is 13.4. The van der Waals surface area contributed by atoms with Crippen LogP contribution >= 0.6 is 11.6 Å². The highest BCUT2D eigenvalue weighted by Crippen LogP contribution is 2.35. The van der Waals surface area contributed by atoms with Gasteiger partial charge in [-0.05, 0) is 25.0 Å². The average molecular weight is 378 g/mol. The Balaban J connectivity index is 1.84. The number of aromatic nitrogens is 3. The first-order chi connectivity index (χ1) is 11.9. The first-order valence-corrected chi connectivity index (χ1v) is 9.59. The maximum atomic E-state index is 13.2. The number of para-hydroxylation sites is 1. The third-order valence-electron chi connectivity index (χ3n) is 4.39. The van der Waals surface area contributed by atoms with Gasteiger partial charge in [-0.25, -0.2) is 17.9 Å². The summed E-state index contributed by atoms with van der Waals surface area (Å²) in [5.41, 5.74) is 8.58. The van der Waals surface area contributed by atoms with Crippen molar-refractivity contribution < 1.29 is 8.42 Å². The molecule has 3 aromatic rings. The molecule has 2 N–H and O–H groups in total. The molecule has 0 radical (unpaired) electrons. The second-order valence-corrected chi connectivity index (χ2v) is 8.23. The number of benzene rings is 1. The molecule has 0 fully saturated rings. The van der Waals surface area contributed by atoms with E-state index in [1.807, 2.05) is 12.1 Å². The van der Waals surface area contributed by atoms with Crippen molar-refractivity contribution in [1.29, 1.82) is 0 Å². The lowest BCUT2D eigenvalue weighted by molar-refractivity contribution is 0.573. The monoisotopic (exact) mass is 377 g/mol. The Labute approximate surface area is 150 Å². The minimum atomic E-state index is -3.78. The van der Waals surface area contributed by atoms with E-state index in [9.17, 15) is 8.42 Å². The van der Waals surface area contributed by atoms with E-state index in [2.05, 4.69) is 10.1 Å². The van der Waals surface area contributed by atoms with Crippen LogP contribution in [0.2, 0.25) is 5.02 Å². The number of anilines is 1. The van der Waals surface area contributed by atoms with Gasteiger partial charge in [0, 0.05) is 12.6 Å². The second-order valence-electron chi connectivity index (χ2n) is 5.99. The highest BCUT2D eigenvalue weighted by Gasteiger charge is 2.32. The van der Waals surface area contributed by atoms with Crippen molar-refractivity contribution in [2.75, 3.05) is 10.8 Å². The fourth-order valence-electron chi connectivity index (χ4n) is 3.07. The van der Waals surface area contributed by atoms with Crippen LogP contribution in [0.25, 0.3) is 5.65 Å². The molecular weight excluding hydrogens is 362 g/mol. The van der Waals surface area contributed by atoms with Crippen molar-refractivity contribution in [3.63, 3.8) is 0 Å². The fourth-order valence-corrected chi connectivity index (χ4v) is 4.69. The van der Waals surface area contributed by atoms with Gasteiger partial charge in [-0.1, -0.05) is 29.8 Å². The number of rotatable bonds is 2. The summed E-state index contributed by atoms with van der Waals surface area (Å²) in [6.45, 7) is 2.06. The van der Waals surface area contributed by atoms with Crippen LogP contribution < -0.4 is 10.0 Å². The maximum absolute atomic E-state index is 13.2. The Kier molecular flexibility index (Phi) is 3.71. The van der Waals surface area contributed by atoms with E-state index >= 15 is 0 Å². The van der Waals surface area contributed by atoms with Gasteiger partial charge in [0.05, 0.1) is 23.8 Å². The molecule has 1 aromatic carbocycles. The van der Waals surface area contributed by atoms with Gasteiger partial charge in [0.1, 0.15) is 9.92 Å². The first kappa shape index (κ1) is 16.3. The van der Waals surface area contributed by atoms with Crippen LogP contribution in [0.3, 0.4) is 0 Å². The minimum Gasteiger partial charge on any atom is -0.324 e. The lowest BCUT2D eigenvalue weighted by atomic mass is 9.99. The Morgan fingerprint density at radius 1 is 1.32 bits per heavy atom. The number of nitrogens with zero attached hydrogens (tertiary/aromatic N) is 4. The SMILES string of the molecule is Cc1nn2cc(S(=O)(=O)N3CCC(N)c4ccccc43)cnc2c1Cl. The molecule has 1 unspecified atom stereocenters. The predicted octanol–water partition coefficient (Wildman–Crippen LogP) is 2.29. The van der Waals surface area contributed by atoms with Gasteiger partial charge in [0.2, 0.25) is 0 Å². The van der Waals surface area contributed by atoms with Crippen LogP contribution in [0.4, 0.5) is 5.69 Å². The molecule has 0 bridgehead atoms. The summed E-state index contributed by atoms with van der Waals surface area (Å²) in [5, 5.41) is 4.62. The first-order valence-electron chi connectivity index (χ1n) is 7.77. The number of hydrogen-bond donors (Lipinski definition) is 1. The van der Waals surface area contributed by atoms with Crippen LogP contribution in [0.15, 0.2) is 41.6 Å². The van der Waals surface area contributed by atoms with E-state index in [0.29, 0.717) is 35.0 Å². The molecule has 130 valence electrons. The van der Waals surface area contributed by atoms with Crippen molar-refractivity contribution in [2.24, 2.45) is 5.73 Å². The molecular formula is C16H16ClN5O2S. The summed E-state index contributed by atoms with van der Waals surface area (Å²) in [5.74, 6) is 0. The third-order valence-corrected chi connectivity index (χ3v) is 6.60. The van der Waals surface area contributed by atoms with Gasteiger partial charge in [-0.3, -0.25) is 4.31 Å². The molecule has 7 nitrogen and oxygen atoms in total. The molecule has 1 aliphatic heterocycles. The lowest BCUT2D eigenvalue weighted by Gasteiger charge is -2.33. The van der Waals surface area contributed by atoms with E-state index in [0.717, 1.165) is 5.56 Å². The molecule has 0 spiro atoms. The zero-order chi connectivity index (χ0) is 17.8. The lowest BCUT2D eigenvalue weighted by Crippen LogP contribution is -2.38. The Morgan fingerprint density at radius 3 is 2.88 bits per heavy atom. The molecule has 4 rings (SSSR count). The van der Waals surface area contributed by atoms with E-state index in [1.54, 1.807) is 19.1 Å². The summed E-state index contributed by atoms with van der Waals surface area (Å²) in [7, 11) is -3.78. The van der Waals surface area contributed by atoms with Crippen molar-refractivity contribution in [1.82, 2.24) is 14.6 Å². The van der Waals surface area contributed by atoms with Crippen LogP contribution in [0, 0.1) is 6.92 Å². The van der Waals surface area contributed by atoms with Crippen LogP contribution in [0.1, 0.15) is 23.7 Å². The van der Waals surface area contributed by atoms with Gasteiger partial charge in [-0.15, -0.1) is 0 Å². The van der Waals surface area contributed by atoms with Crippen molar-refractivity contribution in [3.05, 3.63) is 52.9 Å². The summed E-state index contributed by atoms with van der Waals surface area (Å²) in [6, 6.07) is 7.12. The third kappa shape index (κ3) is 2.48. The van der Waals surface area contributed by atoms with Gasteiger partial charge >= 0.3 is 0 Å². The molecule has 1 atom stereocenters. The predicted molar refractivity (Wildman–Crippen MR) is 95.3 cm³/mol. The zero-order valence-corrected chi connectivity index (χ0v) is 15.0. The Morgan fingerprint density at radius 2 is 2.08 bits per heavy atom. The van der Waals surface area contributed by atoms with E-state index in [-0.39, 0.29) is 10.9 Å². The molecule has 1 aliphatic rings. The van der Waals surface area contributed by atoms with Gasteiger partial charge in [-0.2, -0.15) is 5.10 Å². The molecule has 2 aromatic heterocycles. The summed E-state index contributed by atoms with van der Waals surface area (Å²) in [6.07, 6.45) is 3.31. The van der Waals surface area contributed by atoms with Crippen LogP contribution in [0.5, 0.6) is 0 Å². The summed E-state index contributed by atoms with van der Waals surface area (Å²) in [4.78, 5) is 4.23. The fraction of sp³-hybridized carbons (Fsp3) is 0.250. The molecule has 0 aliphatic carbocycles. The van der Waals surface area contributed by atoms with Crippen LogP contribution in [-0.4, -0.2) is 29.6 Å². The Hall–Kier alpha value is -2.16. The van der Waals surface area contributed by atoms with E-state index in [1.165, 1.54) is 21.2 Å². The van der Waals surface area contributed by atoms with Crippen molar-refractivity contribution in [3.8, 4) is 0 Å². The molecule has 0 saturated carbocycles. The smallest absolute Gasteiger partial charge is 0.267 e. The van der Waals surface area contributed by atoms with Crippen molar-refractivity contribution in [2.45, 2.75) is 24.3 Å². The normalized spacial score (nSPS) is 17.7. The summed E-state index contributed by atoms with van der Waals surface area (Å²) >= 11 is 6.12. The largest absolute Gasteiger partial charge is 0.324 e. The second kappa shape index (κ2) is 5.69. The van der Waals surface area contributed by atoms with E-state index < -0.39 is 10.0 Å². The molecule has 0 amide bonds. The molecule has 25 heavy (non-hydrogen) atoms. The number of halogens is 1. The van der Waals surface area contributed by atoms with Gasteiger partial charge in [0.25, 0.3) is 10.0 Å². The Bertz CT molecular complexity index is 1080. The highest BCUT2D eigenvalue weighted by atomic mass is 35.5. The standard InChI is InChI=1S/C16H16ClN5O2S/c1-10-15(17)16-19-8-11(9-21(16)20-10)25(23,24)22-7-6-13(18)12-4-2-3-5-14(12)22/h2-5,8-9,13H,6-7,18H2,1H3.